The molecule has 7 nitrogen and oxygen atoms in total. The lowest BCUT2D eigenvalue weighted by atomic mass is 10.0. The van der Waals surface area contributed by atoms with Crippen LogP contribution in [0, 0.1) is 0 Å². The molecule has 2 amide bonds. The third kappa shape index (κ3) is 6.58. The predicted octanol–water partition coefficient (Wildman–Crippen LogP) is 4.43. The summed E-state index contributed by atoms with van der Waals surface area (Å²) in [5, 5.41) is 15.5. The van der Waals surface area contributed by atoms with Crippen LogP contribution in [0.15, 0.2) is 72.8 Å². The molecule has 0 saturated heterocycles. The van der Waals surface area contributed by atoms with E-state index >= 15 is 0 Å². The number of nitrogens with one attached hydrogen (secondary N) is 2. The molecule has 0 aromatic heterocycles. The minimum absolute atomic E-state index is 0.106. The molecule has 0 fully saturated rings. The number of anilines is 2. The molecule has 3 aromatic carbocycles. The summed E-state index contributed by atoms with van der Waals surface area (Å²) in [6, 6.07) is 21.5. The lowest BCUT2D eigenvalue weighted by molar-refractivity contribution is 0.102. The Morgan fingerprint density at radius 2 is 1.58 bits per heavy atom. The first-order valence-electron chi connectivity index (χ1n) is 9.75. The van der Waals surface area contributed by atoms with Crippen LogP contribution in [0.25, 0.3) is 0 Å². The van der Waals surface area contributed by atoms with Crippen molar-refractivity contribution in [2.45, 2.75) is 6.42 Å². The Kier molecular flexibility index (Phi) is 7.61. The second-order valence-electron chi connectivity index (χ2n) is 6.80. The molecule has 3 N–H and O–H groups in total. The lowest BCUT2D eigenvalue weighted by Crippen LogP contribution is -2.17. The number of carbonyl (C=O) groups excluding carboxylic acids is 2. The van der Waals surface area contributed by atoms with Crippen LogP contribution in [0.2, 0.25) is 0 Å². The van der Waals surface area contributed by atoms with Crippen molar-refractivity contribution >= 4 is 23.4 Å². The standard InChI is InChI=1S/C24H24N2O5/c1-30-12-13-31-24(29)26-20-9-5-8-19(16-20)25-23(28)21-15-18(10-11-22(21)27)14-17-6-3-2-4-7-17/h2-11,15-16,27H,12-14H2,1H3,(H,25,28)(H,26,29). The summed E-state index contributed by atoms with van der Waals surface area (Å²) in [6.45, 7) is 0.438. The van der Waals surface area contributed by atoms with Crippen LogP contribution >= 0.6 is 0 Å². The van der Waals surface area contributed by atoms with Gasteiger partial charge >= 0.3 is 6.09 Å². The van der Waals surface area contributed by atoms with E-state index in [0.717, 1.165) is 11.1 Å². The number of hydrogen-bond donors (Lipinski definition) is 3. The number of amides is 2. The second kappa shape index (κ2) is 10.8. The van der Waals surface area contributed by atoms with Crippen molar-refractivity contribution in [3.63, 3.8) is 0 Å². The molecule has 0 aliphatic rings. The summed E-state index contributed by atoms with van der Waals surface area (Å²) >= 11 is 0. The molecule has 0 saturated carbocycles. The first-order chi connectivity index (χ1) is 15.0. The summed E-state index contributed by atoms with van der Waals surface area (Å²) in [5.74, 6) is -0.558. The van der Waals surface area contributed by atoms with Crippen LogP contribution in [0.4, 0.5) is 16.2 Å². The topological polar surface area (TPSA) is 96.9 Å². The summed E-state index contributed by atoms with van der Waals surface area (Å²) in [7, 11) is 1.52. The number of rotatable bonds is 8. The summed E-state index contributed by atoms with van der Waals surface area (Å²) < 4.78 is 9.78. The van der Waals surface area contributed by atoms with Gasteiger partial charge in [-0.25, -0.2) is 4.79 Å². The van der Waals surface area contributed by atoms with E-state index < -0.39 is 12.0 Å². The average molecular weight is 420 g/mol. The number of methoxy groups -OCH3 is 1. The molecular formula is C24H24N2O5. The van der Waals surface area contributed by atoms with Crippen LogP contribution in [-0.2, 0) is 15.9 Å². The van der Waals surface area contributed by atoms with E-state index in [2.05, 4.69) is 10.6 Å². The van der Waals surface area contributed by atoms with Crippen molar-refractivity contribution in [1.29, 1.82) is 0 Å². The second-order valence-corrected chi connectivity index (χ2v) is 6.80. The Labute approximate surface area is 180 Å². The maximum atomic E-state index is 12.8. The minimum Gasteiger partial charge on any atom is -0.507 e. The molecule has 0 radical (unpaired) electrons. The zero-order valence-corrected chi connectivity index (χ0v) is 17.1. The Bertz CT molecular complexity index is 1040. The summed E-state index contributed by atoms with van der Waals surface area (Å²) in [6.07, 6.45) is 0.0261. The molecular weight excluding hydrogens is 396 g/mol. The molecule has 7 heteroatoms. The van der Waals surface area contributed by atoms with Gasteiger partial charge in [-0.15, -0.1) is 0 Å². The fraction of sp³-hybridized carbons (Fsp3) is 0.167. The van der Waals surface area contributed by atoms with Crippen molar-refractivity contribution < 1.29 is 24.2 Å². The molecule has 0 heterocycles. The maximum Gasteiger partial charge on any atom is 0.411 e. The number of phenolic OH excluding ortho intramolecular Hbond substituents is 1. The van der Waals surface area contributed by atoms with Crippen molar-refractivity contribution in [2.24, 2.45) is 0 Å². The number of ether oxygens (including phenoxy) is 2. The Balaban J connectivity index is 1.67. The van der Waals surface area contributed by atoms with E-state index in [9.17, 15) is 14.7 Å². The van der Waals surface area contributed by atoms with Gasteiger partial charge in [0.1, 0.15) is 12.4 Å². The largest absolute Gasteiger partial charge is 0.507 e. The number of benzene rings is 3. The molecule has 0 aliphatic carbocycles. The van der Waals surface area contributed by atoms with Crippen molar-refractivity contribution in [3.05, 3.63) is 89.5 Å². The fourth-order valence-electron chi connectivity index (χ4n) is 2.95. The number of phenols is 1. The van der Waals surface area contributed by atoms with E-state index in [1.807, 2.05) is 30.3 Å². The highest BCUT2D eigenvalue weighted by Gasteiger charge is 2.13. The van der Waals surface area contributed by atoms with Crippen molar-refractivity contribution in [2.75, 3.05) is 31.0 Å². The fourth-order valence-corrected chi connectivity index (χ4v) is 2.95. The van der Waals surface area contributed by atoms with Gasteiger partial charge in [-0.05, 0) is 47.9 Å². The monoisotopic (exact) mass is 420 g/mol. The molecule has 3 rings (SSSR count). The van der Waals surface area contributed by atoms with Gasteiger partial charge in [0.25, 0.3) is 5.91 Å². The van der Waals surface area contributed by atoms with Crippen LogP contribution in [0.5, 0.6) is 5.75 Å². The molecule has 0 unspecified atom stereocenters. The van der Waals surface area contributed by atoms with Gasteiger partial charge < -0.3 is 19.9 Å². The molecule has 0 bridgehead atoms. The minimum atomic E-state index is -0.619. The Morgan fingerprint density at radius 1 is 0.839 bits per heavy atom. The van der Waals surface area contributed by atoms with Gasteiger partial charge in [-0.1, -0.05) is 42.5 Å². The molecule has 160 valence electrons. The number of hydrogen-bond acceptors (Lipinski definition) is 5. The third-order valence-electron chi connectivity index (χ3n) is 4.44. The average Bonchev–Trinajstić information content (AvgIpc) is 2.76. The molecule has 0 aliphatic heterocycles. The van der Waals surface area contributed by atoms with Crippen molar-refractivity contribution in [3.8, 4) is 5.75 Å². The van der Waals surface area contributed by atoms with E-state index in [-0.39, 0.29) is 17.9 Å². The predicted molar refractivity (Wildman–Crippen MR) is 119 cm³/mol. The first kappa shape index (κ1) is 21.9. The van der Waals surface area contributed by atoms with E-state index in [1.165, 1.54) is 13.2 Å². The Morgan fingerprint density at radius 3 is 2.32 bits per heavy atom. The van der Waals surface area contributed by atoms with E-state index in [1.54, 1.807) is 36.4 Å². The molecule has 0 spiro atoms. The van der Waals surface area contributed by atoms with Gasteiger partial charge in [0.05, 0.1) is 12.2 Å². The number of aromatic hydroxyl groups is 1. The van der Waals surface area contributed by atoms with Crippen LogP contribution in [0.3, 0.4) is 0 Å². The SMILES string of the molecule is COCCOC(=O)Nc1cccc(NC(=O)c2cc(Cc3ccccc3)ccc2O)c1. The summed E-state index contributed by atoms with van der Waals surface area (Å²) in [4.78, 5) is 24.5. The maximum absolute atomic E-state index is 12.8. The first-order valence-corrected chi connectivity index (χ1v) is 9.75. The third-order valence-corrected chi connectivity index (χ3v) is 4.44. The van der Waals surface area contributed by atoms with Crippen LogP contribution < -0.4 is 10.6 Å². The zero-order valence-electron chi connectivity index (χ0n) is 17.1. The highest BCUT2D eigenvalue weighted by molar-refractivity contribution is 6.06. The highest BCUT2D eigenvalue weighted by Crippen LogP contribution is 2.23. The molecule has 31 heavy (non-hydrogen) atoms. The van der Waals surface area contributed by atoms with Gasteiger partial charge in [0, 0.05) is 18.5 Å². The van der Waals surface area contributed by atoms with Gasteiger partial charge in [0.2, 0.25) is 0 Å². The lowest BCUT2D eigenvalue weighted by Gasteiger charge is -2.11. The van der Waals surface area contributed by atoms with Crippen molar-refractivity contribution in [1.82, 2.24) is 0 Å². The van der Waals surface area contributed by atoms with Gasteiger partial charge in [-0.3, -0.25) is 10.1 Å². The molecule has 0 atom stereocenters. The quantitative estimate of drug-likeness (QED) is 0.469. The smallest absolute Gasteiger partial charge is 0.411 e. The van der Waals surface area contributed by atoms with E-state index in [4.69, 9.17) is 9.47 Å². The van der Waals surface area contributed by atoms with Gasteiger partial charge in [0.15, 0.2) is 0 Å². The van der Waals surface area contributed by atoms with Crippen LogP contribution in [-0.4, -0.2) is 37.4 Å². The van der Waals surface area contributed by atoms with E-state index in [0.29, 0.717) is 24.4 Å². The molecule has 3 aromatic rings. The Hall–Kier alpha value is -3.84. The normalized spacial score (nSPS) is 10.4. The number of carbonyl (C=O) groups is 2. The zero-order chi connectivity index (χ0) is 22.1. The van der Waals surface area contributed by atoms with Crippen LogP contribution in [0.1, 0.15) is 21.5 Å². The summed E-state index contributed by atoms with van der Waals surface area (Å²) in [5.41, 5.74) is 3.11. The van der Waals surface area contributed by atoms with Gasteiger partial charge in [-0.2, -0.15) is 0 Å². The highest BCUT2D eigenvalue weighted by atomic mass is 16.6.